The molecule has 1 aromatic carbocycles. The number of aromatic hydroxyl groups is 1. The number of H-pyrrole nitrogens is 2. The van der Waals surface area contributed by atoms with Crippen molar-refractivity contribution in [1.29, 1.82) is 0 Å². The lowest BCUT2D eigenvalue weighted by molar-refractivity contribution is 0.415. The number of nitrogens with one attached hydrogen (secondary N) is 2. The molecule has 2 rings (SSSR count). The van der Waals surface area contributed by atoms with E-state index in [1.165, 1.54) is 6.08 Å². The van der Waals surface area contributed by atoms with Crippen LogP contribution in [0.1, 0.15) is 11.1 Å². The van der Waals surface area contributed by atoms with E-state index < -0.39 is 17.1 Å². The SMILES string of the molecule is COc1ccc(C=C=Cc2c(O)[nH]c(=O)[nH]c2=O)cc1. The Balaban J connectivity index is 2.31. The van der Waals surface area contributed by atoms with E-state index in [1.807, 2.05) is 17.1 Å². The second-order valence-electron chi connectivity index (χ2n) is 3.90. The molecule has 1 heterocycles. The van der Waals surface area contributed by atoms with Crippen LogP contribution in [-0.4, -0.2) is 22.2 Å². The molecule has 0 bridgehead atoms. The molecule has 1 aromatic heterocycles. The molecule has 0 saturated heterocycles. The Morgan fingerprint density at radius 2 is 1.85 bits per heavy atom. The van der Waals surface area contributed by atoms with Crippen LogP contribution < -0.4 is 16.0 Å². The van der Waals surface area contributed by atoms with Crippen molar-refractivity contribution in [3.63, 3.8) is 0 Å². The fourth-order valence-electron chi connectivity index (χ4n) is 1.54. The van der Waals surface area contributed by atoms with Gasteiger partial charge in [-0.2, -0.15) is 0 Å². The summed E-state index contributed by atoms with van der Waals surface area (Å²) in [5.41, 5.74) is 2.11. The van der Waals surface area contributed by atoms with Crippen LogP contribution >= 0.6 is 0 Å². The van der Waals surface area contributed by atoms with Crippen LogP contribution in [0.2, 0.25) is 0 Å². The Hall–Kier alpha value is -2.98. The fraction of sp³-hybridized carbons (Fsp3) is 0.0714. The molecule has 2 aromatic rings. The predicted molar refractivity (Wildman–Crippen MR) is 74.8 cm³/mol. The van der Waals surface area contributed by atoms with Gasteiger partial charge in [0, 0.05) is 0 Å². The van der Waals surface area contributed by atoms with Gasteiger partial charge < -0.3 is 9.84 Å². The molecule has 6 nitrogen and oxygen atoms in total. The van der Waals surface area contributed by atoms with Crippen LogP contribution in [0, 0.1) is 0 Å². The van der Waals surface area contributed by atoms with Gasteiger partial charge in [-0.25, -0.2) is 4.79 Å². The Morgan fingerprint density at radius 1 is 1.15 bits per heavy atom. The summed E-state index contributed by atoms with van der Waals surface area (Å²) in [6.07, 6.45) is 2.91. The zero-order chi connectivity index (χ0) is 14.5. The fourth-order valence-corrected chi connectivity index (χ4v) is 1.54. The van der Waals surface area contributed by atoms with Gasteiger partial charge in [0.2, 0.25) is 5.88 Å². The van der Waals surface area contributed by atoms with Crippen molar-refractivity contribution < 1.29 is 9.84 Å². The predicted octanol–water partition coefficient (Wildman–Crippen LogP) is 1.10. The van der Waals surface area contributed by atoms with Gasteiger partial charge in [0.1, 0.15) is 11.3 Å². The standard InChI is InChI=1S/C14H12N2O4/c1-20-10-7-5-9(6-8-10)3-2-4-11-12(17)15-14(19)16-13(11)18/h3-8H,1H3,(H3,15,16,17,18,19). The Labute approximate surface area is 113 Å². The summed E-state index contributed by atoms with van der Waals surface area (Å²) in [6.45, 7) is 0. The Kier molecular flexibility index (Phi) is 3.88. The molecular formula is C14H12N2O4. The first-order valence-electron chi connectivity index (χ1n) is 5.72. The average molecular weight is 272 g/mol. The van der Waals surface area contributed by atoms with Crippen LogP contribution in [0.3, 0.4) is 0 Å². The van der Waals surface area contributed by atoms with Crippen LogP contribution in [0.15, 0.2) is 39.6 Å². The van der Waals surface area contributed by atoms with Crippen molar-refractivity contribution in [1.82, 2.24) is 9.97 Å². The summed E-state index contributed by atoms with van der Waals surface area (Å²) in [5, 5.41) is 9.46. The molecule has 0 atom stereocenters. The van der Waals surface area contributed by atoms with Gasteiger partial charge in [-0.05, 0) is 29.8 Å². The number of hydrogen-bond acceptors (Lipinski definition) is 4. The van der Waals surface area contributed by atoms with Crippen molar-refractivity contribution in [2.45, 2.75) is 0 Å². The molecule has 0 unspecified atom stereocenters. The van der Waals surface area contributed by atoms with Crippen LogP contribution in [0.4, 0.5) is 0 Å². The van der Waals surface area contributed by atoms with Gasteiger partial charge in [-0.15, -0.1) is 5.73 Å². The van der Waals surface area contributed by atoms with E-state index >= 15 is 0 Å². The van der Waals surface area contributed by atoms with Gasteiger partial charge in [0.05, 0.1) is 7.11 Å². The lowest BCUT2D eigenvalue weighted by Crippen LogP contribution is -2.23. The van der Waals surface area contributed by atoms with Crippen molar-refractivity contribution in [3.05, 3.63) is 62.0 Å². The van der Waals surface area contributed by atoms with Crippen molar-refractivity contribution in [3.8, 4) is 11.6 Å². The highest BCUT2D eigenvalue weighted by molar-refractivity contribution is 5.59. The monoisotopic (exact) mass is 272 g/mol. The maximum Gasteiger partial charge on any atom is 0.328 e. The largest absolute Gasteiger partial charge is 0.497 e. The molecule has 0 aliphatic carbocycles. The van der Waals surface area contributed by atoms with Gasteiger partial charge in [0.15, 0.2) is 0 Å². The molecule has 0 aliphatic rings. The van der Waals surface area contributed by atoms with Gasteiger partial charge in [0.25, 0.3) is 5.56 Å². The summed E-state index contributed by atoms with van der Waals surface area (Å²) in [5.74, 6) is 0.246. The summed E-state index contributed by atoms with van der Waals surface area (Å²) in [4.78, 5) is 26.4. The molecule has 20 heavy (non-hydrogen) atoms. The summed E-state index contributed by atoms with van der Waals surface area (Å²) in [6, 6.07) is 7.21. The van der Waals surface area contributed by atoms with Crippen LogP contribution in [0.5, 0.6) is 11.6 Å². The van der Waals surface area contributed by atoms with Crippen LogP contribution in [0.25, 0.3) is 12.2 Å². The molecule has 0 spiro atoms. The summed E-state index contributed by atoms with van der Waals surface area (Å²) in [7, 11) is 1.58. The smallest absolute Gasteiger partial charge is 0.328 e. The number of benzene rings is 1. The highest BCUT2D eigenvalue weighted by Crippen LogP contribution is 2.12. The van der Waals surface area contributed by atoms with Crippen molar-refractivity contribution >= 4 is 12.2 Å². The zero-order valence-corrected chi connectivity index (χ0v) is 10.6. The normalized spacial score (nSPS) is 9.65. The molecule has 0 amide bonds. The first-order chi connectivity index (χ1) is 9.60. The number of rotatable bonds is 3. The second kappa shape index (κ2) is 5.77. The third-order valence-corrected chi connectivity index (χ3v) is 2.55. The lowest BCUT2D eigenvalue weighted by Gasteiger charge is -1.98. The van der Waals surface area contributed by atoms with E-state index in [0.29, 0.717) is 0 Å². The average Bonchev–Trinajstić information content (AvgIpc) is 2.42. The Morgan fingerprint density at radius 3 is 2.45 bits per heavy atom. The van der Waals surface area contributed by atoms with E-state index in [4.69, 9.17) is 4.74 Å². The van der Waals surface area contributed by atoms with Gasteiger partial charge in [-0.3, -0.25) is 14.8 Å². The minimum atomic E-state index is -0.760. The van der Waals surface area contributed by atoms with Gasteiger partial charge >= 0.3 is 5.69 Å². The minimum Gasteiger partial charge on any atom is -0.497 e. The third-order valence-electron chi connectivity index (χ3n) is 2.55. The quantitative estimate of drug-likeness (QED) is 0.729. The highest BCUT2D eigenvalue weighted by atomic mass is 16.5. The molecule has 0 fully saturated rings. The number of ether oxygens (including phenoxy) is 1. The second-order valence-corrected chi connectivity index (χ2v) is 3.90. The summed E-state index contributed by atoms with van der Waals surface area (Å²) >= 11 is 0. The molecule has 0 saturated carbocycles. The van der Waals surface area contributed by atoms with E-state index in [0.717, 1.165) is 11.3 Å². The molecule has 3 N–H and O–H groups in total. The third kappa shape index (κ3) is 3.07. The van der Waals surface area contributed by atoms with E-state index in [9.17, 15) is 14.7 Å². The van der Waals surface area contributed by atoms with E-state index in [-0.39, 0.29) is 5.56 Å². The van der Waals surface area contributed by atoms with Crippen molar-refractivity contribution in [2.24, 2.45) is 0 Å². The van der Waals surface area contributed by atoms with E-state index in [2.05, 4.69) is 10.7 Å². The minimum absolute atomic E-state index is 0.0608. The first kappa shape index (κ1) is 13.5. The number of aromatic amines is 2. The molecule has 0 radical (unpaired) electrons. The molecule has 0 aliphatic heterocycles. The number of methoxy groups -OCH3 is 1. The van der Waals surface area contributed by atoms with Gasteiger partial charge in [-0.1, -0.05) is 12.1 Å². The van der Waals surface area contributed by atoms with Crippen molar-refractivity contribution in [2.75, 3.05) is 7.11 Å². The zero-order valence-electron chi connectivity index (χ0n) is 10.6. The Bertz CT molecular complexity index is 778. The first-order valence-corrected chi connectivity index (χ1v) is 5.72. The topological polar surface area (TPSA) is 95.2 Å². The number of aromatic nitrogens is 2. The molecular weight excluding hydrogens is 260 g/mol. The van der Waals surface area contributed by atoms with E-state index in [1.54, 1.807) is 25.3 Å². The maximum absolute atomic E-state index is 11.4. The van der Waals surface area contributed by atoms with Crippen LogP contribution in [-0.2, 0) is 0 Å². The number of hydrogen-bond donors (Lipinski definition) is 3. The summed E-state index contributed by atoms with van der Waals surface area (Å²) < 4.78 is 5.03. The maximum atomic E-state index is 11.4. The highest BCUT2D eigenvalue weighted by Gasteiger charge is 2.03. The lowest BCUT2D eigenvalue weighted by atomic mass is 10.2. The molecule has 102 valence electrons. The molecule has 6 heteroatoms.